The molecule has 1 aliphatic rings. The molecular formula is C17H16O4S. The van der Waals surface area contributed by atoms with E-state index in [1.165, 1.54) is 23.1 Å². The number of fused-ring (bicyclic) bond motifs is 3. The summed E-state index contributed by atoms with van der Waals surface area (Å²) in [6.07, 6.45) is 1.83. The van der Waals surface area contributed by atoms with Gasteiger partial charge in [-0.3, -0.25) is 4.79 Å². The van der Waals surface area contributed by atoms with Gasteiger partial charge in [-0.2, -0.15) is 0 Å². The quantitative estimate of drug-likeness (QED) is 0.642. The van der Waals surface area contributed by atoms with Crippen molar-refractivity contribution in [1.29, 1.82) is 0 Å². The van der Waals surface area contributed by atoms with Gasteiger partial charge in [0.15, 0.2) is 12.4 Å². The number of rotatable bonds is 4. The molecule has 3 rings (SSSR count). The molecule has 1 aromatic heterocycles. The van der Waals surface area contributed by atoms with Gasteiger partial charge in [-0.25, -0.2) is 4.79 Å². The Kier molecular flexibility index (Phi) is 3.98. The van der Waals surface area contributed by atoms with Crippen molar-refractivity contribution in [3.8, 4) is 16.2 Å². The van der Waals surface area contributed by atoms with Crippen LogP contribution in [0.4, 0.5) is 0 Å². The van der Waals surface area contributed by atoms with Gasteiger partial charge in [-0.05, 0) is 60.7 Å². The molecule has 0 bridgehead atoms. The third kappa shape index (κ3) is 2.76. The maximum Gasteiger partial charge on any atom is 0.343 e. The first kappa shape index (κ1) is 14.8. The van der Waals surface area contributed by atoms with Gasteiger partial charge >= 0.3 is 5.97 Å². The number of hydrogen-bond acceptors (Lipinski definition) is 5. The minimum atomic E-state index is -0.399. The van der Waals surface area contributed by atoms with Crippen molar-refractivity contribution in [2.45, 2.75) is 19.8 Å². The van der Waals surface area contributed by atoms with E-state index in [2.05, 4.69) is 4.74 Å². The predicted molar refractivity (Wildman–Crippen MR) is 84.7 cm³/mol. The summed E-state index contributed by atoms with van der Waals surface area (Å²) in [5.74, 6) is 0.374. The van der Waals surface area contributed by atoms with Crippen LogP contribution in [0.1, 0.15) is 27.7 Å². The molecule has 5 heteroatoms. The first-order chi connectivity index (χ1) is 10.6. The molecule has 0 unspecified atom stereocenters. The van der Waals surface area contributed by atoms with Gasteiger partial charge in [0, 0.05) is 4.88 Å². The van der Waals surface area contributed by atoms with Crippen LogP contribution in [0.3, 0.4) is 0 Å². The molecular weight excluding hydrogens is 300 g/mol. The molecule has 0 N–H and O–H groups in total. The van der Waals surface area contributed by atoms with Crippen LogP contribution in [0.15, 0.2) is 24.3 Å². The molecule has 0 saturated carbocycles. The second-order valence-corrected chi connectivity index (χ2v) is 6.26. The predicted octanol–water partition coefficient (Wildman–Crippen LogP) is 3.27. The van der Waals surface area contributed by atoms with Gasteiger partial charge < -0.3 is 9.47 Å². The maximum absolute atomic E-state index is 11.6. The van der Waals surface area contributed by atoms with E-state index < -0.39 is 5.97 Å². The van der Waals surface area contributed by atoms with Crippen LogP contribution in [0.25, 0.3) is 10.4 Å². The molecule has 1 aliphatic carbocycles. The van der Waals surface area contributed by atoms with Crippen LogP contribution in [-0.4, -0.2) is 25.5 Å². The van der Waals surface area contributed by atoms with Crippen molar-refractivity contribution in [3.63, 3.8) is 0 Å². The summed E-state index contributed by atoms with van der Waals surface area (Å²) in [5.41, 5.74) is 3.59. The Morgan fingerprint density at radius 3 is 2.68 bits per heavy atom. The number of ketones is 1. The van der Waals surface area contributed by atoms with Gasteiger partial charge in [-0.15, -0.1) is 11.3 Å². The van der Waals surface area contributed by atoms with Crippen molar-refractivity contribution in [2.75, 3.05) is 13.7 Å². The molecule has 0 atom stereocenters. The molecule has 4 nitrogen and oxygen atoms in total. The molecule has 1 heterocycles. The van der Waals surface area contributed by atoms with Gasteiger partial charge in [-0.1, -0.05) is 0 Å². The highest BCUT2D eigenvalue weighted by Crippen LogP contribution is 2.40. The standard InChI is InChI=1S/C17H16O4S/c1-10(18)15-8-12-4-3-11-7-13(21-9-16(19)20-2)5-6-14(11)17(12)22-15/h5-8H,3-4,9H2,1-2H3. The molecule has 1 aromatic carbocycles. The van der Waals surface area contributed by atoms with E-state index in [0.717, 1.165) is 23.3 Å². The largest absolute Gasteiger partial charge is 0.482 e. The van der Waals surface area contributed by atoms with Gasteiger partial charge in [0.25, 0.3) is 0 Å². The highest BCUT2D eigenvalue weighted by atomic mass is 32.1. The van der Waals surface area contributed by atoms with Crippen LogP contribution >= 0.6 is 11.3 Å². The minimum absolute atomic E-state index is 0.0893. The smallest absolute Gasteiger partial charge is 0.343 e. The van der Waals surface area contributed by atoms with Crippen LogP contribution in [0.5, 0.6) is 5.75 Å². The number of benzene rings is 1. The zero-order valence-corrected chi connectivity index (χ0v) is 13.3. The van der Waals surface area contributed by atoms with E-state index >= 15 is 0 Å². The molecule has 114 valence electrons. The number of thiophene rings is 1. The number of hydrogen-bond donors (Lipinski definition) is 0. The molecule has 2 aromatic rings. The first-order valence-corrected chi connectivity index (χ1v) is 7.86. The maximum atomic E-state index is 11.6. The Labute approximate surface area is 132 Å². The fraction of sp³-hybridized carbons (Fsp3) is 0.294. The van der Waals surface area contributed by atoms with E-state index in [4.69, 9.17) is 4.74 Å². The van der Waals surface area contributed by atoms with Gasteiger partial charge in [0.05, 0.1) is 12.0 Å². The Balaban J connectivity index is 1.88. The highest BCUT2D eigenvalue weighted by molar-refractivity contribution is 7.17. The van der Waals surface area contributed by atoms with Gasteiger partial charge in [0.1, 0.15) is 5.75 Å². The lowest BCUT2D eigenvalue weighted by atomic mass is 9.91. The van der Waals surface area contributed by atoms with E-state index in [1.807, 2.05) is 24.3 Å². The second kappa shape index (κ2) is 5.93. The number of ether oxygens (including phenoxy) is 2. The first-order valence-electron chi connectivity index (χ1n) is 7.05. The normalized spacial score (nSPS) is 12.3. The number of carbonyl (C=O) groups is 2. The topological polar surface area (TPSA) is 52.6 Å². The average molecular weight is 316 g/mol. The molecule has 0 aliphatic heterocycles. The molecule has 0 amide bonds. The summed E-state index contributed by atoms with van der Waals surface area (Å²) in [5, 5.41) is 0. The lowest BCUT2D eigenvalue weighted by molar-refractivity contribution is -0.142. The zero-order chi connectivity index (χ0) is 15.7. The lowest BCUT2D eigenvalue weighted by Gasteiger charge is -2.17. The van der Waals surface area contributed by atoms with Crippen molar-refractivity contribution >= 4 is 23.1 Å². The Morgan fingerprint density at radius 1 is 1.18 bits per heavy atom. The van der Waals surface area contributed by atoms with Crippen LogP contribution in [0.2, 0.25) is 0 Å². The molecule has 22 heavy (non-hydrogen) atoms. The van der Waals surface area contributed by atoms with Crippen molar-refractivity contribution in [3.05, 3.63) is 40.3 Å². The van der Waals surface area contributed by atoms with E-state index in [1.54, 1.807) is 18.3 Å². The van der Waals surface area contributed by atoms with Crippen LogP contribution in [-0.2, 0) is 22.4 Å². The summed E-state index contributed by atoms with van der Waals surface area (Å²) in [6, 6.07) is 7.83. The van der Waals surface area contributed by atoms with Crippen molar-refractivity contribution in [2.24, 2.45) is 0 Å². The Morgan fingerprint density at radius 2 is 1.95 bits per heavy atom. The average Bonchev–Trinajstić information content (AvgIpc) is 2.97. The number of esters is 1. The zero-order valence-electron chi connectivity index (χ0n) is 12.5. The highest BCUT2D eigenvalue weighted by Gasteiger charge is 2.21. The number of carbonyl (C=O) groups excluding carboxylic acids is 2. The summed E-state index contributed by atoms with van der Waals surface area (Å²) in [6.45, 7) is 1.51. The third-order valence-corrected chi connectivity index (χ3v) is 5.04. The Bertz CT molecular complexity index is 745. The number of methoxy groups -OCH3 is 1. The van der Waals surface area contributed by atoms with Crippen molar-refractivity contribution < 1.29 is 19.1 Å². The summed E-state index contributed by atoms with van der Waals surface area (Å²) < 4.78 is 9.99. The molecule has 0 spiro atoms. The number of aryl methyl sites for hydroxylation is 2. The van der Waals surface area contributed by atoms with Crippen LogP contribution < -0.4 is 4.74 Å². The van der Waals surface area contributed by atoms with E-state index in [9.17, 15) is 9.59 Å². The Hall–Kier alpha value is -2.14. The fourth-order valence-electron chi connectivity index (χ4n) is 2.57. The SMILES string of the molecule is COC(=O)COc1ccc2c(c1)CCc1cc(C(C)=O)sc1-2. The second-order valence-electron chi connectivity index (χ2n) is 5.20. The third-order valence-electron chi connectivity index (χ3n) is 3.73. The fourth-order valence-corrected chi connectivity index (χ4v) is 3.74. The summed E-state index contributed by atoms with van der Waals surface area (Å²) >= 11 is 1.55. The minimum Gasteiger partial charge on any atom is -0.482 e. The lowest BCUT2D eigenvalue weighted by Crippen LogP contribution is -2.12. The van der Waals surface area contributed by atoms with Gasteiger partial charge in [0.2, 0.25) is 0 Å². The summed E-state index contributed by atoms with van der Waals surface area (Å²) in [4.78, 5) is 24.7. The molecule has 0 radical (unpaired) electrons. The monoisotopic (exact) mass is 316 g/mol. The van der Waals surface area contributed by atoms with Crippen molar-refractivity contribution in [1.82, 2.24) is 0 Å². The molecule has 0 saturated heterocycles. The van der Waals surface area contributed by atoms with E-state index in [0.29, 0.717) is 5.75 Å². The summed E-state index contributed by atoms with van der Waals surface area (Å²) in [7, 11) is 1.34. The molecule has 0 fully saturated rings. The number of Topliss-reactive ketones (excluding diaryl/α,β-unsaturated/α-hetero) is 1. The van der Waals surface area contributed by atoms with Crippen LogP contribution in [0, 0.1) is 0 Å². The van der Waals surface area contributed by atoms with E-state index in [-0.39, 0.29) is 12.4 Å².